The molecule has 3 aromatic rings. The normalized spacial score (nSPS) is 15.1. The maximum atomic E-state index is 13.3. The molecule has 6 nitrogen and oxygen atoms in total. The Labute approximate surface area is 199 Å². The van der Waals surface area contributed by atoms with Gasteiger partial charge in [-0.05, 0) is 36.3 Å². The molecule has 1 aromatic carbocycles. The summed E-state index contributed by atoms with van der Waals surface area (Å²) in [6, 6.07) is 11.0. The van der Waals surface area contributed by atoms with Crippen LogP contribution in [0.25, 0.3) is 11.7 Å². The van der Waals surface area contributed by atoms with Gasteiger partial charge in [-0.15, -0.1) is 6.58 Å². The summed E-state index contributed by atoms with van der Waals surface area (Å²) in [5.41, 5.74) is 2.23. The minimum absolute atomic E-state index is 0.261. The minimum atomic E-state index is -0.276. The maximum absolute atomic E-state index is 13.3. The number of hydrogen-bond acceptors (Lipinski definition) is 6. The first-order valence-electron chi connectivity index (χ1n) is 9.75. The van der Waals surface area contributed by atoms with Gasteiger partial charge in [0.1, 0.15) is 15.8 Å². The average Bonchev–Trinajstić information content (AvgIpc) is 3.03. The molecule has 1 saturated heterocycles. The fourth-order valence-corrected chi connectivity index (χ4v) is 4.69. The van der Waals surface area contributed by atoms with Gasteiger partial charge in [-0.2, -0.15) is 0 Å². The van der Waals surface area contributed by atoms with Gasteiger partial charge in [0, 0.05) is 17.8 Å². The van der Waals surface area contributed by atoms with E-state index < -0.39 is 0 Å². The Hall–Kier alpha value is -2.94. The molecule has 0 atom stereocenters. The summed E-state index contributed by atoms with van der Waals surface area (Å²) in [5.74, 6) is 0.110. The summed E-state index contributed by atoms with van der Waals surface area (Å²) in [6.07, 6.45) is 4.95. The van der Waals surface area contributed by atoms with Gasteiger partial charge in [-0.25, -0.2) is 4.98 Å². The maximum Gasteiger partial charge on any atom is 0.267 e. The molecule has 0 radical (unpaired) electrons. The second-order valence-electron chi connectivity index (χ2n) is 7.14. The van der Waals surface area contributed by atoms with Crippen LogP contribution in [0.4, 0.5) is 5.82 Å². The van der Waals surface area contributed by atoms with Gasteiger partial charge in [-0.1, -0.05) is 65.9 Å². The minimum Gasteiger partial charge on any atom is -0.366 e. The van der Waals surface area contributed by atoms with Crippen LogP contribution in [0.3, 0.4) is 0 Å². The van der Waals surface area contributed by atoms with E-state index in [2.05, 4.69) is 16.9 Å². The van der Waals surface area contributed by atoms with Crippen molar-refractivity contribution in [1.29, 1.82) is 0 Å². The van der Waals surface area contributed by atoms with Gasteiger partial charge in [0.15, 0.2) is 0 Å². The molecule has 3 heterocycles. The number of benzene rings is 1. The fraction of sp³-hybridized carbons (Fsp3) is 0.130. The largest absolute Gasteiger partial charge is 0.366 e. The highest BCUT2D eigenvalue weighted by Gasteiger charge is 2.33. The number of thioether (sulfide) groups is 1. The number of halogens is 1. The van der Waals surface area contributed by atoms with E-state index in [0.29, 0.717) is 32.3 Å². The Morgan fingerprint density at radius 1 is 1.25 bits per heavy atom. The van der Waals surface area contributed by atoms with E-state index in [1.165, 1.54) is 9.30 Å². The number of fused-ring (bicyclic) bond motifs is 1. The molecule has 2 aromatic heterocycles. The lowest BCUT2D eigenvalue weighted by molar-refractivity contribution is -0.122. The third-order valence-corrected chi connectivity index (χ3v) is 6.60. The van der Waals surface area contributed by atoms with Crippen LogP contribution < -0.4 is 10.9 Å². The van der Waals surface area contributed by atoms with Crippen molar-refractivity contribution in [3.63, 3.8) is 0 Å². The lowest BCUT2D eigenvalue weighted by Crippen LogP contribution is -2.27. The molecule has 0 aliphatic carbocycles. The molecule has 0 saturated carbocycles. The summed E-state index contributed by atoms with van der Waals surface area (Å²) in [7, 11) is 0. The molecule has 1 aliphatic rings. The molecule has 9 heteroatoms. The highest BCUT2D eigenvalue weighted by molar-refractivity contribution is 8.26. The van der Waals surface area contributed by atoms with Gasteiger partial charge in [0.25, 0.3) is 11.5 Å². The molecule has 1 amide bonds. The number of nitrogens with one attached hydrogen (secondary N) is 1. The highest BCUT2D eigenvalue weighted by atomic mass is 35.5. The number of pyridine rings is 1. The molecular formula is C23H19ClN4O2S2. The molecule has 1 aliphatic heterocycles. The Morgan fingerprint density at radius 3 is 2.78 bits per heavy atom. The first-order chi connectivity index (χ1) is 15.4. The van der Waals surface area contributed by atoms with Gasteiger partial charge >= 0.3 is 0 Å². The Balaban J connectivity index is 1.76. The first-order valence-corrected chi connectivity index (χ1v) is 11.4. The summed E-state index contributed by atoms with van der Waals surface area (Å²) < 4.78 is 1.89. The van der Waals surface area contributed by atoms with Crippen molar-refractivity contribution in [3.05, 3.63) is 92.2 Å². The standard InChI is InChI=1S/C23H19ClN4O2S2/c1-3-10-25-20-16(21(29)27-12-14(2)8-9-19(27)26-20)11-18-22(30)28(23(31)32-18)13-15-6-4-5-7-17(15)24/h3-9,11-12,25H,1,10,13H2,2H3. The average molecular weight is 483 g/mol. The van der Waals surface area contributed by atoms with Crippen LogP contribution in [0.5, 0.6) is 0 Å². The zero-order valence-electron chi connectivity index (χ0n) is 17.2. The van der Waals surface area contributed by atoms with Crippen molar-refractivity contribution in [2.45, 2.75) is 13.5 Å². The number of aryl methyl sites for hydroxylation is 1. The molecule has 1 N–H and O–H groups in total. The van der Waals surface area contributed by atoms with Crippen LogP contribution in [0.15, 0.2) is 64.9 Å². The van der Waals surface area contributed by atoms with Gasteiger partial charge in [0.2, 0.25) is 0 Å². The number of amides is 1. The third-order valence-electron chi connectivity index (χ3n) is 4.85. The van der Waals surface area contributed by atoms with Gasteiger partial charge in [-0.3, -0.25) is 18.9 Å². The summed E-state index contributed by atoms with van der Waals surface area (Å²) in [6.45, 7) is 6.28. The van der Waals surface area contributed by atoms with Gasteiger partial charge < -0.3 is 5.32 Å². The summed E-state index contributed by atoms with van der Waals surface area (Å²) in [4.78, 5) is 32.8. The molecule has 4 rings (SSSR count). The van der Waals surface area contributed by atoms with E-state index in [9.17, 15) is 9.59 Å². The van der Waals surface area contributed by atoms with Crippen LogP contribution in [0.2, 0.25) is 5.02 Å². The van der Waals surface area contributed by atoms with Crippen molar-refractivity contribution in [3.8, 4) is 0 Å². The lowest BCUT2D eigenvalue weighted by atomic mass is 10.2. The van der Waals surface area contributed by atoms with E-state index in [-0.39, 0.29) is 23.6 Å². The molecule has 0 bridgehead atoms. The van der Waals surface area contributed by atoms with E-state index >= 15 is 0 Å². The number of thiocarbonyl (C=S) groups is 1. The highest BCUT2D eigenvalue weighted by Crippen LogP contribution is 2.34. The first kappa shape index (κ1) is 22.3. The predicted molar refractivity (Wildman–Crippen MR) is 135 cm³/mol. The van der Waals surface area contributed by atoms with Crippen molar-refractivity contribution in [2.24, 2.45) is 0 Å². The Bertz CT molecular complexity index is 1350. The summed E-state index contributed by atoms with van der Waals surface area (Å²) in [5, 5.41) is 3.66. The number of hydrogen-bond donors (Lipinski definition) is 1. The molecule has 0 spiro atoms. The van der Waals surface area contributed by atoms with Crippen LogP contribution >= 0.6 is 35.6 Å². The van der Waals surface area contributed by atoms with Crippen molar-refractivity contribution in [2.75, 3.05) is 11.9 Å². The van der Waals surface area contributed by atoms with Crippen LogP contribution in [0.1, 0.15) is 16.7 Å². The second-order valence-corrected chi connectivity index (χ2v) is 9.23. The lowest BCUT2D eigenvalue weighted by Gasteiger charge is -2.15. The molecule has 162 valence electrons. The molecular weight excluding hydrogens is 464 g/mol. The van der Waals surface area contributed by atoms with E-state index in [0.717, 1.165) is 22.9 Å². The van der Waals surface area contributed by atoms with Crippen LogP contribution in [-0.2, 0) is 11.3 Å². The summed E-state index contributed by atoms with van der Waals surface area (Å²) >= 11 is 12.8. The van der Waals surface area contributed by atoms with Crippen molar-refractivity contribution in [1.82, 2.24) is 14.3 Å². The van der Waals surface area contributed by atoms with Gasteiger partial charge in [0.05, 0.1) is 17.0 Å². The van der Waals surface area contributed by atoms with Crippen LogP contribution in [0, 0.1) is 6.92 Å². The van der Waals surface area contributed by atoms with E-state index in [4.69, 9.17) is 23.8 Å². The second kappa shape index (κ2) is 9.28. The van der Waals surface area contributed by atoms with Crippen LogP contribution in [-0.4, -0.2) is 31.1 Å². The van der Waals surface area contributed by atoms with E-state index in [1.807, 2.05) is 31.2 Å². The number of anilines is 1. The fourth-order valence-electron chi connectivity index (χ4n) is 3.26. The number of carbonyl (C=O) groups is 1. The monoisotopic (exact) mass is 482 g/mol. The SMILES string of the molecule is C=CCNc1nc2ccc(C)cn2c(=O)c1C=C1SC(=S)N(Cc2ccccc2Cl)C1=O. The number of rotatable bonds is 6. The molecule has 32 heavy (non-hydrogen) atoms. The topological polar surface area (TPSA) is 66.7 Å². The smallest absolute Gasteiger partial charge is 0.267 e. The number of nitrogens with zero attached hydrogens (tertiary/aromatic N) is 3. The van der Waals surface area contributed by atoms with E-state index in [1.54, 1.807) is 30.5 Å². The third kappa shape index (κ3) is 4.34. The quantitative estimate of drug-likeness (QED) is 0.313. The zero-order valence-corrected chi connectivity index (χ0v) is 19.6. The number of carbonyl (C=O) groups excluding carboxylic acids is 1. The van der Waals surface area contributed by atoms with Crippen molar-refractivity contribution >= 4 is 63.3 Å². The zero-order chi connectivity index (χ0) is 22.8. The molecule has 1 fully saturated rings. The van der Waals surface area contributed by atoms with Crippen molar-refractivity contribution < 1.29 is 4.79 Å². The number of aromatic nitrogens is 2. The Kier molecular flexibility index (Phi) is 6.45. The molecule has 0 unspecified atom stereocenters. The Morgan fingerprint density at radius 2 is 2.03 bits per heavy atom. The predicted octanol–water partition coefficient (Wildman–Crippen LogP) is 4.66.